The number of hydrazine groups is 1. The first kappa shape index (κ1) is 18.7. The van der Waals surface area contributed by atoms with Gasteiger partial charge in [-0.3, -0.25) is 4.79 Å². The molecule has 2 saturated heterocycles. The van der Waals surface area contributed by atoms with Crippen molar-refractivity contribution in [3.05, 3.63) is 59.4 Å². The molecule has 148 valence electrons. The summed E-state index contributed by atoms with van der Waals surface area (Å²) in [6, 6.07) is 10.9. The third kappa shape index (κ3) is 3.00. The molecule has 7 heteroatoms. The molecule has 0 aliphatic carbocycles. The van der Waals surface area contributed by atoms with Crippen LogP contribution in [0, 0.1) is 11.7 Å². The second-order valence-electron chi connectivity index (χ2n) is 7.28. The smallest absolute Gasteiger partial charge is 0.242 e. The number of amides is 1. The minimum Gasteiger partial charge on any atom is -0.504 e. The second kappa shape index (κ2) is 7.41. The van der Waals surface area contributed by atoms with Crippen molar-refractivity contribution in [2.75, 3.05) is 13.7 Å². The van der Waals surface area contributed by atoms with Gasteiger partial charge in [-0.05, 0) is 41.8 Å². The molecule has 4 unspecified atom stereocenters. The molecule has 1 amide bonds. The minimum absolute atomic E-state index is 0.0426. The topological polar surface area (TPSA) is 73.8 Å². The molecular formula is C21H24FN3O3. The van der Waals surface area contributed by atoms with Crippen molar-refractivity contribution in [1.82, 2.24) is 15.8 Å². The van der Waals surface area contributed by atoms with E-state index < -0.39 is 0 Å². The van der Waals surface area contributed by atoms with Crippen LogP contribution in [0.1, 0.15) is 36.6 Å². The van der Waals surface area contributed by atoms with Crippen LogP contribution in [0.15, 0.2) is 42.5 Å². The van der Waals surface area contributed by atoms with Gasteiger partial charge in [-0.15, -0.1) is 0 Å². The molecule has 0 aromatic heterocycles. The van der Waals surface area contributed by atoms with Crippen molar-refractivity contribution in [1.29, 1.82) is 0 Å². The van der Waals surface area contributed by atoms with Crippen LogP contribution in [0.3, 0.4) is 0 Å². The lowest BCUT2D eigenvalue weighted by Crippen LogP contribution is -2.41. The fourth-order valence-corrected chi connectivity index (χ4v) is 4.43. The van der Waals surface area contributed by atoms with Crippen LogP contribution in [-0.4, -0.2) is 35.6 Å². The summed E-state index contributed by atoms with van der Waals surface area (Å²) in [6.07, 6.45) is 0.839. The van der Waals surface area contributed by atoms with Crippen molar-refractivity contribution in [3.63, 3.8) is 0 Å². The molecule has 2 aromatic rings. The number of nitrogens with one attached hydrogen (secondary N) is 2. The number of carbonyl (C=O) groups is 1. The van der Waals surface area contributed by atoms with Gasteiger partial charge in [0.2, 0.25) is 5.91 Å². The molecule has 2 heterocycles. The standard InChI is InChI=1S/C21H24FN3O3/c1-3-10-25-20(13-6-9-15(26)16(11-13)28-2)17-18(23-24-19(17)21(25)27)12-4-7-14(22)8-5-12/h4-9,11,17-20,23-24,26H,3,10H2,1-2H3. The predicted molar refractivity (Wildman–Crippen MR) is 102 cm³/mol. The Labute approximate surface area is 163 Å². The monoisotopic (exact) mass is 385 g/mol. The number of likely N-dealkylation sites (tertiary alicyclic amines) is 1. The van der Waals surface area contributed by atoms with Crippen molar-refractivity contribution >= 4 is 5.91 Å². The number of fused-ring (bicyclic) bond motifs is 1. The molecule has 28 heavy (non-hydrogen) atoms. The fraction of sp³-hybridized carbons (Fsp3) is 0.381. The highest BCUT2D eigenvalue weighted by Crippen LogP contribution is 2.48. The Balaban J connectivity index is 1.77. The lowest BCUT2D eigenvalue weighted by molar-refractivity contribution is -0.130. The molecule has 0 radical (unpaired) electrons. The summed E-state index contributed by atoms with van der Waals surface area (Å²) >= 11 is 0. The number of aromatic hydroxyl groups is 1. The Kier molecular flexibility index (Phi) is 4.95. The quantitative estimate of drug-likeness (QED) is 0.738. The minimum atomic E-state index is -0.369. The van der Waals surface area contributed by atoms with E-state index in [1.165, 1.54) is 19.2 Å². The predicted octanol–water partition coefficient (Wildman–Crippen LogP) is 2.67. The van der Waals surface area contributed by atoms with Crippen LogP contribution in [0.25, 0.3) is 0 Å². The average molecular weight is 385 g/mol. The van der Waals surface area contributed by atoms with Gasteiger partial charge in [-0.1, -0.05) is 25.1 Å². The van der Waals surface area contributed by atoms with Crippen molar-refractivity contribution in [3.8, 4) is 11.5 Å². The van der Waals surface area contributed by atoms with Crippen LogP contribution in [0.4, 0.5) is 4.39 Å². The molecule has 2 aromatic carbocycles. The summed E-state index contributed by atoms with van der Waals surface area (Å²) in [5.41, 5.74) is 8.19. The number of rotatable bonds is 5. The zero-order chi connectivity index (χ0) is 19.8. The zero-order valence-corrected chi connectivity index (χ0v) is 15.9. The number of phenolic OH excluding ortho intramolecular Hbond substituents is 1. The first-order valence-corrected chi connectivity index (χ1v) is 9.49. The molecule has 4 atom stereocenters. The molecule has 2 fully saturated rings. The van der Waals surface area contributed by atoms with Crippen molar-refractivity contribution < 1.29 is 19.0 Å². The zero-order valence-electron chi connectivity index (χ0n) is 15.9. The van der Waals surface area contributed by atoms with E-state index >= 15 is 0 Å². The maximum atomic E-state index is 13.4. The molecule has 3 N–H and O–H groups in total. The van der Waals surface area contributed by atoms with Crippen LogP contribution in [0.2, 0.25) is 0 Å². The van der Waals surface area contributed by atoms with E-state index in [4.69, 9.17) is 4.74 Å². The third-order valence-electron chi connectivity index (χ3n) is 5.65. The average Bonchev–Trinajstić information content (AvgIpc) is 3.23. The SMILES string of the molecule is CCCN1C(=O)C2NNC(c3ccc(F)cc3)C2C1c1ccc(O)c(OC)c1. The molecule has 4 rings (SSSR count). The number of nitrogens with zero attached hydrogens (tertiary/aromatic N) is 1. The van der Waals surface area contributed by atoms with Gasteiger partial charge in [0.05, 0.1) is 19.2 Å². The highest BCUT2D eigenvalue weighted by atomic mass is 19.1. The lowest BCUT2D eigenvalue weighted by Gasteiger charge is -2.31. The number of benzene rings is 2. The number of ether oxygens (including phenoxy) is 1. The Morgan fingerprint density at radius 3 is 2.46 bits per heavy atom. The fourth-order valence-electron chi connectivity index (χ4n) is 4.43. The first-order chi connectivity index (χ1) is 13.5. The highest BCUT2D eigenvalue weighted by molar-refractivity contribution is 5.86. The van der Waals surface area contributed by atoms with Crippen LogP contribution in [0.5, 0.6) is 11.5 Å². The van der Waals surface area contributed by atoms with E-state index in [1.54, 1.807) is 24.3 Å². The van der Waals surface area contributed by atoms with E-state index in [1.807, 2.05) is 17.9 Å². The molecule has 0 spiro atoms. The maximum absolute atomic E-state index is 13.4. The molecule has 0 saturated carbocycles. The van der Waals surface area contributed by atoms with E-state index in [0.717, 1.165) is 17.5 Å². The normalized spacial score (nSPS) is 26.5. The van der Waals surface area contributed by atoms with Gasteiger partial charge in [0.25, 0.3) is 0 Å². The number of phenols is 1. The Morgan fingerprint density at radius 2 is 1.79 bits per heavy atom. The molecule has 2 aliphatic rings. The van der Waals surface area contributed by atoms with Gasteiger partial charge in [0.15, 0.2) is 11.5 Å². The summed E-state index contributed by atoms with van der Waals surface area (Å²) < 4.78 is 18.7. The first-order valence-electron chi connectivity index (χ1n) is 9.49. The van der Waals surface area contributed by atoms with Gasteiger partial charge in [-0.2, -0.15) is 0 Å². The van der Waals surface area contributed by atoms with E-state index in [-0.39, 0.29) is 41.5 Å². The van der Waals surface area contributed by atoms with Crippen molar-refractivity contribution in [2.45, 2.75) is 31.5 Å². The van der Waals surface area contributed by atoms with E-state index in [0.29, 0.717) is 12.3 Å². The number of methoxy groups -OCH3 is 1. The number of halogens is 1. The Bertz CT molecular complexity index is 874. The van der Waals surface area contributed by atoms with Gasteiger partial charge >= 0.3 is 0 Å². The molecule has 0 bridgehead atoms. The van der Waals surface area contributed by atoms with Gasteiger partial charge in [-0.25, -0.2) is 15.2 Å². The van der Waals surface area contributed by atoms with Crippen LogP contribution in [-0.2, 0) is 4.79 Å². The molecule has 2 aliphatic heterocycles. The number of hydrogen-bond acceptors (Lipinski definition) is 5. The summed E-state index contributed by atoms with van der Waals surface area (Å²) in [6.45, 7) is 2.68. The third-order valence-corrected chi connectivity index (χ3v) is 5.65. The lowest BCUT2D eigenvalue weighted by atomic mass is 9.83. The Hall–Kier alpha value is -2.64. The summed E-state index contributed by atoms with van der Waals surface area (Å²) in [7, 11) is 1.51. The maximum Gasteiger partial charge on any atom is 0.242 e. The van der Waals surface area contributed by atoms with Crippen LogP contribution < -0.4 is 15.6 Å². The number of hydrogen-bond donors (Lipinski definition) is 3. The second-order valence-corrected chi connectivity index (χ2v) is 7.28. The van der Waals surface area contributed by atoms with Gasteiger partial charge < -0.3 is 14.7 Å². The summed E-state index contributed by atoms with van der Waals surface area (Å²) in [5.74, 6) is 0.106. The van der Waals surface area contributed by atoms with Gasteiger partial charge in [0, 0.05) is 12.5 Å². The highest BCUT2D eigenvalue weighted by Gasteiger charge is 2.55. The number of carbonyl (C=O) groups excluding carboxylic acids is 1. The van der Waals surface area contributed by atoms with E-state index in [9.17, 15) is 14.3 Å². The van der Waals surface area contributed by atoms with Crippen molar-refractivity contribution in [2.24, 2.45) is 5.92 Å². The largest absolute Gasteiger partial charge is 0.504 e. The van der Waals surface area contributed by atoms with Crippen LogP contribution >= 0.6 is 0 Å². The summed E-state index contributed by atoms with van der Waals surface area (Å²) in [5, 5.41) is 9.98. The Morgan fingerprint density at radius 1 is 1.11 bits per heavy atom. The molecular weight excluding hydrogens is 361 g/mol. The van der Waals surface area contributed by atoms with Gasteiger partial charge in [0.1, 0.15) is 11.9 Å². The summed E-state index contributed by atoms with van der Waals surface area (Å²) in [4.78, 5) is 15.0. The van der Waals surface area contributed by atoms with E-state index in [2.05, 4.69) is 10.9 Å². The molecule has 6 nitrogen and oxygen atoms in total.